The molecule has 2 aliphatic rings. The first-order valence-electron chi connectivity index (χ1n) is 8.50. The molecule has 22 heavy (non-hydrogen) atoms. The quantitative estimate of drug-likeness (QED) is 0.908. The van der Waals surface area contributed by atoms with E-state index < -0.39 is 0 Å². The average molecular weight is 305 g/mol. The summed E-state index contributed by atoms with van der Waals surface area (Å²) in [7, 11) is 1.71. The minimum absolute atomic E-state index is 0.142. The van der Waals surface area contributed by atoms with Crippen LogP contribution in [0, 0.1) is 0 Å². The van der Waals surface area contributed by atoms with Crippen LogP contribution in [0.25, 0.3) is 0 Å². The van der Waals surface area contributed by atoms with Crippen LogP contribution >= 0.6 is 0 Å². The summed E-state index contributed by atoms with van der Waals surface area (Å²) in [4.78, 5) is 0. The number of nitrogens with one attached hydrogen (secondary N) is 1. The first-order valence-corrected chi connectivity index (χ1v) is 8.50. The van der Waals surface area contributed by atoms with E-state index in [0.29, 0.717) is 12.6 Å². The van der Waals surface area contributed by atoms with Gasteiger partial charge in [0.2, 0.25) is 0 Å². The number of methoxy groups -OCH3 is 1. The molecular weight excluding hydrogens is 278 g/mol. The van der Waals surface area contributed by atoms with Crippen LogP contribution in [-0.2, 0) is 11.2 Å². The Bertz CT molecular complexity index is 465. The van der Waals surface area contributed by atoms with Gasteiger partial charge in [0.05, 0.1) is 13.7 Å². The van der Waals surface area contributed by atoms with Crippen molar-refractivity contribution in [3.63, 3.8) is 0 Å². The monoisotopic (exact) mass is 305 g/mol. The van der Waals surface area contributed by atoms with Gasteiger partial charge in [-0.25, -0.2) is 0 Å². The lowest BCUT2D eigenvalue weighted by Gasteiger charge is -2.28. The Hall–Kier alpha value is -1.26. The van der Waals surface area contributed by atoms with Gasteiger partial charge >= 0.3 is 0 Å². The van der Waals surface area contributed by atoms with Gasteiger partial charge in [-0.15, -0.1) is 0 Å². The number of piperidine rings is 1. The molecule has 0 aromatic heterocycles. The van der Waals surface area contributed by atoms with Crippen molar-refractivity contribution < 1.29 is 14.2 Å². The predicted octanol–water partition coefficient (Wildman–Crippen LogP) is 2.94. The molecule has 0 aliphatic carbocycles. The Balaban J connectivity index is 1.75. The molecule has 2 aliphatic heterocycles. The van der Waals surface area contributed by atoms with Gasteiger partial charge in [0.15, 0.2) is 11.5 Å². The predicted molar refractivity (Wildman–Crippen MR) is 86.8 cm³/mol. The molecule has 0 spiro atoms. The van der Waals surface area contributed by atoms with E-state index in [1.54, 1.807) is 7.11 Å². The molecule has 2 atom stereocenters. The molecule has 0 bridgehead atoms. The second-order valence-corrected chi connectivity index (χ2v) is 6.26. The molecule has 4 nitrogen and oxygen atoms in total. The highest BCUT2D eigenvalue weighted by molar-refractivity contribution is 5.47. The van der Waals surface area contributed by atoms with E-state index >= 15 is 0 Å². The Morgan fingerprint density at radius 1 is 1.23 bits per heavy atom. The topological polar surface area (TPSA) is 39.7 Å². The third kappa shape index (κ3) is 3.93. The summed E-state index contributed by atoms with van der Waals surface area (Å²) in [6.45, 7) is 2.66. The maximum atomic E-state index is 6.27. The van der Waals surface area contributed by atoms with Gasteiger partial charge in [0.1, 0.15) is 6.10 Å². The molecule has 0 saturated carbocycles. The Morgan fingerprint density at radius 3 is 2.91 bits per heavy atom. The van der Waals surface area contributed by atoms with E-state index in [0.717, 1.165) is 43.9 Å². The van der Waals surface area contributed by atoms with Crippen LogP contribution in [0.4, 0.5) is 0 Å². The lowest BCUT2D eigenvalue weighted by molar-refractivity contribution is 0.00598. The molecule has 2 heterocycles. The fourth-order valence-corrected chi connectivity index (χ4v) is 3.35. The molecule has 2 unspecified atom stereocenters. The highest BCUT2D eigenvalue weighted by Crippen LogP contribution is 2.34. The molecule has 0 amide bonds. The lowest BCUT2D eigenvalue weighted by atomic mass is 9.97. The van der Waals surface area contributed by atoms with E-state index in [1.807, 2.05) is 6.07 Å². The minimum atomic E-state index is 0.142. The van der Waals surface area contributed by atoms with E-state index in [1.165, 1.54) is 24.8 Å². The van der Waals surface area contributed by atoms with Crippen LogP contribution in [-0.4, -0.2) is 39.0 Å². The smallest absolute Gasteiger partial charge is 0.164 e. The van der Waals surface area contributed by atoms with Gasteiger partial charge in [-0.1, -0.05) is 18.6 Å². The molecular formula is C18H27NO3. The highest BCUT2D eigenvalue weighted by atomic mass is 16.5. The van der Waals surface area contributed by atoms with E-state index in [2.05, 4.69) is 17.4 Å². The maximum absolute atomic E-state index is 6.27. The van der Waals surface area contributed by atoms with Gasteiger partial charge in [-0.05, 0) is 50.3 Å². The first-order chi connectivity index (χ1) is 10.9. The largest absolute Gasteiger partial charge is 0.493 e. The Kier molecular flexibility index (Phi) is 5.57. The molecule has 1 N–H and O–H groups in total. The zero-order valence-corrected chi connectivity index (χ0v) is 13.5. The van der Waals surface area contributed by atoms with E-state index in [9.17, 15) is 0 Å². The Morgan fingerprint density at radius 2 is 2.18 bits per heavy atom. The van der Waals surface area contributed by atoms with Crippen LogP contribution in [0.3, 0.4) is 0 Å². The molecule has 0 radical (unpaired) electrons. The molecule has 2 fully saturated rings. The summed E-state index contributed by atoms with van der Waals surface area (Å²) in [6, 6.07) is 6.75. The van der Waals surface area contributed by atoms with Crippen LogP contribution in [0.15, 0.2) is 18.2 Å². The minimum Gasteiger partial charge on any atom is -0.493 e. The highest BCUT2D eigenvalue weighted by Gasteiger charge is 2.22. The third-order valence-corrected chi connectivity index (χ3v) is 4.56. The zero-order valence-electron chi connectivity index (χ0n) is 13.5. The fourth-order valence-electron chi connectivity index (χ4n) is 3.35. The summed E-state index contributed by atoms with van der Waals surface area (Å²) in [5.74, 6) is 1.74. The van der Waals surface area contributed by atoms with Crippen LogP contribution < -0.4 is 14.8 Å². The van der Waals surface area contributed by atoms with Crippen molar-refractivity contribution in [3.05, 3.63) is 23.8 Å². The third-order valence-electron chi connectivity index (χ3n) is 4.56. The molecule has 1 aromatic carbocycles. The van der Waals surface area contributed by atoms with Crippen LogP contribution in [0.2, 0.25) is 0 Å². The second kappa shape index (κ2) is 7.84. The van der Waals surface area contributed by atoms with Crippen molar-refractivity contribution in [2.75, 3.05) is 26.9 Å². The summed E-state index contributed by atoms with van der Waals surface area (Å²) in [6.07, 6.45) is 7.11. The molecule has 122 valence electrons. The van der Waals surface area contributed by atoms with Crippen molar-refractivity contribution >= 4 is 0 Å². The Labute approximate surface area is 133 Å². The second-order valence-electron chi connectivity index (χ2n) is 6.26. The number of hydrogen-bond acceptors (Lipinski definition) is 4. The molecule has 1 aromatic rings. The first kappa shape index (κ1) is 15.6. The van der Waals surface area contributed by atoms with E-state index in [-0.39, 0.29) is 6.10 Å². The summed E-state index contributed by atoms with van der Waals surface area (Å²) >= 11 is 0. The normalized spacial score (nSPS) is 25.7. The van der Waals surface area contributed by atoms with E-state index in [4.69, 9.17) is 14.2 Å². The zero-order chi connectivity index (χ0) is 15.2. The molecule has 2 saturated heterocycles. The number of benzene rings is 1. The van der Waals surface area contributed by atoms with Gasteiger partial charge in [-0.2, -0.15) is 0 Å². The van der Waals surface area contributed by atoms with Crippen molar-refractivity contribution in [1.82, 2.24) is 5.32 Å². The standard InChI is InChI=1S/C18H27NO3/c1-20-17-9-4-6-14(12-15-7-2-3-10-19-15)18(17)22-16-8-5-11-21-13-16/h4,6,9,15-16,19H,2-3,5,7-8,10-13H2,1H3. The van der Waals surface area contributed by atoms with Gasteiger partial charge < -0.3 is 19.5 Å². The summed E-state index contributed by atoms with van der Waals surface area (Å²) in [5.41, 5.74) is 1.24. The molecule has 4 heteroatoms. The van der Waals surface area contributed by atoms with Crippen molar-refractivity contribution in [2.45, 2.75) is 50.7 Å². The fraction of sp³-hybridized carbons (Fsp3) is 0.667. The van der Waals surface area contributed by atoms with Gasteiger partial charge in [0.25, 0.3) is 0 Å². The lowest BCUT2D eigenvalue weighted by Crippen LogP contribution is -2.36. The number of ether oxygens (including phenoxy) is 3. The van der Waals surface area contributed by atoms with Crippen molar-refractivity contribution in [2.24, 2.45) is 0 Å². The maximum Gasteiger partial charge on any atom is 0.164 e. The van der Waals surface area contributed by atoms with Crippen molar-refractivity contribution in [3.8, 4) is 11.5 Å². The van der Waals surface area contributed by atoms with Crippen LogP contribution in [0.5, 0.6) is 11.5 Å². The van der Waals surface area contributed by atoms with Gasteiger partial charge in [0, 0.05) is 12.6 Å². The van der Waals surface area contributed by atoms with Gasteiger partial charge in [-0.3, -0.25) is 0 Å². The number of para-hydroxylation sites is 1. The summed E-state index contributed by atoms with van der Waals surface area (Å²) in [5, 5.41) is 3.61. The number of hydrogen-bond donors (Lipinski definition) is 1. The molecule has 3 rings (SSSR count). The number of rotatable bonds is 5. The van der Waals surface area contributed by atoms with Crippen molar-refractivity contribution in [1.29, 1.82) is 0 Å². The summed E-state index contributed by atoms with van der Waals surface area (Å²) < 4.78 is 17.3. The van der Waals surface area contributed by atoms with Crippen LogP contribution in [0.1, 0.15) is 37.7 Å². The average Bonchev–Trinajstić information content (AvgIpc) is 2.58. The SMILES string of the molecule is COc1cccc(CC2CCCCN2)c1OC1CCCOC1.